The molecule has 3 rings (SSSR count). The van der Waals surface area contributed by atoms with Gasteiger partial charge in [-0.1, -0.05) is 25.1 Å². The minimum atomic E-state index is 0.844. The molecule has 1 aliphatic heterocycles. The molecule has 0 saturated heterocycles. The van der Waals surface area contributed by atoms with Crippen LogP contribution in [0.15, 0.2) is 29.2 Å². The molecule has 3 unspecified atom stereocenters. The summed E-state index contributed by atoms with van der Waals surface area (Å²) in [7, 11) is 0. The lowest BCUT2D eigenvalue weighted by Gasteiger charge is -2.38. The van der Waals surface area contributed by atoms with Gasteiger partial charge in [0.15, 0.2) is 0 Å². The Morgan fingerprint density at radius 2 is 2.06 bits per heavy atom. The summed E-state index contributed by atoms with van der Waals surface area (Å²) >= 11 is 2.12. The minimum Gasteiger partial charge on any atom is -0.317 e. The first kappa shape index (κ1) is 12.6. The molecule has 18 heavy (non-hydrogen) atoms. The smallest absolute Gasteiger partial charge is 0.0138 e. The van der Waals surface area contributed by atoms with Crippen LogP contribution in [0.2, 0.25) is 0 Å². The third-order valence-corrected chi connectivity index (χ3v) is 5.86. The van der Waals surface area contributed by atoms with Gasteiger partial charge in [-0.15, -0.1) is 11.8 Å². The standard InChI is InChI=1S/C16H23NS/c1-2-17-11-14-8-7-12(14)9-15-10-13-5-3-4-6-16(13)18-15/h3-6,12,14-15,17H,2,7-11H2,1H3. The Morgan fingerprint density at radius 1 is 1.22 bits per heavy atom. The number of thioether (sulfide) groups is 1. The third kappa shape index (κ3) is 2.60. The lowest BCUT2D eigenvalue weighted by Crippen LogP contribution is -2.36. The van der Waals surface area contributed by atoms with Crippen molar-refractivity contribution in [3.63, 3.8) is 0 Å². The second-order valence-corrected chi connectivity index (χ2v) is 7.03. The molecule has 1 aromatic rings. The van der Waals surface area contributed by atoms with Crippen LogP contribution in [0.1, 0.15) is 31.7 Å². The van der Waals surface area contributed by atoms with E-state index in [-0.39, 0.29) is 0 Å². The molecule has 2 aliphatic rings. The third-order valence-electron chi connectivity index (χ3n) is 4.51. The summed E-state index contributed by atoms with van der Waals surface area (Å²) in [5.41, 5.74) is 1.58. The first-order valence-electron chi connectivity index (χ1n) is 7.32. The number of hydrogen-bond donors (Lipinski definition) is 1. The molecule has 2 heteroatoms. The molecule has 1 fully saturated rings. The van der Waals surface area contributed by atoms with E-state index >= 15 is 0 Å². The van der Waals surface area contributed by atoms with Crippen LogP contribution in [0, 0.1) is 11.8 Å². The summed E-state index contributed by atoms with van der Waals surface area (Å²) in [6, 6.07) is 8.95. The van der Waals surface area contributed by atoms with Crippen LogP contribution in [0.5, 0.6) is 0 Å². The van der Waals surface area contributed by atoms with Crippen molar-refractivity contribution in [2.45, 2.75) is 42.8 Å². The largest absolute Gasteiger partial charge is 0.317 e. The monoisotopic (exact) mass is 261 g/mol. The van der Waals surface area contributed by atoms with Crippen molar-refractivity contribution < 1.29 is 0 Å². The van der Waals surface area contributed by atoms with Gasteiger partial charge in [0.1, 0.15) is 0 Å². The maximum atomic E-state index is 3.52. The van der Waals surface area contributed by atoms with Crippen LogP contribution in [-0.2, 0) is 6.42 Å². The fourth-order valence-electron chi connectivity index (χ4n) is 3.27. The highest BCUT2D eigenvalue weighted by molar-refractivity contribution is 8.00. The van der Waals surface area contributed by atoms with Crippen molar-refractivity contribution in [1.82, 2.24) is 5.32 Å². The number of fused-ring (bicyclic) bond motifs is 1. The van der Waals surface area contributed by atoms with E-state index in [4.69, 9.17) is 0 Å². The van der Waals surface area contributed by atoms with Crippen molar-refractivity contribution in [2.24, 2.45) is 11.8 Å². The normalized spacial score (nSPS) is 29.9. The molecule has 0 bridgehead atoms. The Bertz CT molecular complexity index is 379. The molecule has 1 aliphatic carbocycles. The number of rotatable bonds is 5. The highest BCUT2D eigenvalue weighted by atomic mass is 32.2. The van der Waals surface area contributed by atoms with Crippen LogP contribution >= 0.6 is 11.8 Å². The van der Waals surface area contributed by atoms with E-state index in [9.17, 15) is 0 Å². The molecule has 0 radical (unpaired) electrons. The second kappa shape index (κ2) is 5.66. The van der Waals surface area contributed by atoms with Gasteiger partial charge in [0.2, 0.25) is 0 Å². The van der Waals surface area contributed by atoms with E-state index in [0.29, 0.717) is 0 Å². The van der Waals surface area contributed by atoms with Crippen molar-refractivity contribution >= 4 is 11.8 Å². The second-order valence-electron chi connectivity index (χ2n) is 5.69. The zero-order valence-corrected chi connectivity index (χ0v) is 12.0. The molecule has 1 N–H and O–H groups in total. The van der Waals surface area contributed by atoms with Gasteiger partial charge in [0.25, 0.3) is 0 Å². The molecular formula is C16H23NS. The maximum absolute atomic E-state index is 3.52. The predicted octanol–water partition coefficient (Wildman–Crippen LogP) is 3.73. The first-order chi connectivity index (χ1) is 8.86. The van der Waals surface area contributed by atoms with Crippen LogP contribution in [0.3, 0.4) is 0 Å². The Balaban J connectivity index is 1.51. The molecule has 1 heterocycles. The zero-order chi connectivity index (χ0) is 12.4. The average Bonchev–Trinajstić information content (AvgIpc) is 2.77. The molecule has 1 nitrogen and oxygen atoms in total. The Morgan fingerprint density at radius 3 is 2.78 bits per heavy atom. The summed E-state index contributed by atoms with van der Waals surface area (Å²) in [5, 5.41) is 4.36. The molecule has 3 atom stereocenters. The van der Waals surface area contributed by atoms with Gasteiger partial charge < -0.3 is 5.32 Å². The SMILES string of the molecule is CCNCC1CCC1CC1Cc2ccccc2S1. The van der Waals surface area contributed by atoms with E-state index in [2.05, 4.69) is 48.3 Å². The molecule has 1 saturated carbocycles. The first-order valence-corrected chi connectivity index (χ1v) is 8.20. The lowest BCUT2D eigenvalue weighted by atomic mass is 9.71. The van der Waals surface area contributed by atoms with Gasteiger partial charge >= 0.3 is 0 Å². The van der Waals surface area contributed by atoms with E-state index in [1.807, 2.05) is 0 Å². The van der Waals surface area contributed by atoms with E-state index in [1.54, 1.807) is 5.56 Å². The zero-order valence-electron chi connectivity index (χ0n) is 11.2. The molecule has 0 spiro atoms. The minimum absolute atomic E-state index is 0.844. The fraction of sp³-hybridized carbons (Fsp3) is 0.625. The summed E-state index contributed by atoms with van der Waals surface area (Å²) in [6.45, 7) is 4.56. The maximum Gasteiger partial charge on any atom is 0.0138 e. The quantitative estimate of drug-likeness (QED) is 0.867. The molecule has 0 aromatic heterocycles. The van der Waals surface area contributed by atoms with Gasteiger partial charge in [0.05, 0.1) is 0 Å². The Hall–Kier alpha value is -0.470. The molecular weight excluding hydrogens is 238 g/mol. The van der Waals surface area contributed by atoms with Crippen molar-refractivity contribution in [1.29, 1.82) is 0 Å². The summed E-state index contributed by atoms with van der Waals surface area (Å²) in [5.74, 6) is 1.94. The average molecular weight is 261 g/mol. The molecule has 98 valence electrons. The predicted molar refractivity (Wildman–Crippen MR) is 79.2 cm³/mol. The van der Waals surface area contributed by atoms with Gasteiger partial charge in [-0.25, -0.2) is 0 Å². The Kier molecular flexibility index (Phi) is 3.95. The summed E-state index contributed by atoms with van der Waals surface area (Å²) in [4.78, 5) is 1.53. The summed E-state index contributed by atoms with van der Waals surface area (Å²) in [6.07, 6.45) is 5.63. The fourth-order valence-corrected chi connectivity index (χ4v) is 4.70. The van der Waals surface area contributed by atoms with Gasteiger partial charge in [-0.05, 0) is 62.2 Å². The van der Waals surface area contributed by atoms with E-state index in [0.717, 1.165) is 23.6 Å². The van der Waals surface area contributed by atoms with Crippen LogP contribution < -0.4 is 5.32 Å². The van der Waals surface area contributed by atoms with E-state index in [1.165, 1.54) is 37.1 Å². The van der Waals surface area contributed by atoms with Crippen LogP contribution in [0.25, 0.3) is 0 Å². The highest BCUT2D eigenvalue weighted by Gasteiger charge is 2.34. The van der Waals surface area contributed by atoms with Crippen molar-refractivity contribution in [3.05, 3.63) is 29.8 Å². The van der Waals surface area contributed by atoms with Gasteiger partial charge in [-0.3, -0.25) is 0 Å². The molecule has 0 amide bonds. The van der Waals surface area contributed by atoms with Crippen LogP contribution in [0.4, 0.5) is 0 Å². The Labute approximate surface area is 115 Å². The van der Waals surface area contributed by atoms with E-state index < -0.39 is 0 Å². The topological polar surface area (TPSA) is 12.0 Å². The summed E-state index contributed by atoms with van der Waals surface area (Å²) < 4.78 is 0. The van der Waals surface area contributed by atoms with Crippen molar-refractivity contribution in [3.8, 4) is 0 Å². The highest BCUT2D eigenvalue weighted by Crippen LogP contribution is 2.45. The van der Waals surface area contributed by atoms with Crippen molar-refractivity contribution in [2.75, 3.05) is 13.1 Å². The lowest BCUT2D eigenvalue weighted by molar-refractivity contribution is 0.160. The van der Waals surface area contributed by atoms with Gasteiger partial charge in [0, 0.05) is 10.1 Å². The number of benzene rings is 1. The number of nitrogens with one attached hydrogen (secondary N) is 1. The molecule has 1 aromatic carbocycles. The van der Waals surface area contributed by atoms with Gasteiger partial charge in [-0.2, -0.15) is 0 Å². The number of hydrogen-bond acceptors (Lipinski definition) is 2. The van der Waals surface area contributed by atoms with Crippen LogP contribution in [-0.4, -0.2) is 18.3 Å².